The molecule has 2 aromatic rings. The molecule has 0 saturated heterocycles. The van der Waals surface area contributed by atoms with Gasteiger partial charge in [0.1, 0.15) is 0 Å². The van der Waals surface area contributed by atoms with Gasteiger partial charge in [0, 0.05) is 27.7 Å². The van der Waals surface area contributed by atoms with Crippen molar-refractivity contribution in [1.82, 2.24) is 4.98 Å². The van der Waals surface area contributed by atoms with Crippen LogP contribution in [-0.2, 0) is 9.05 Å². The second-order valence-corrected chi connectivity index (χ2v) is 5.45. The summed E-state index contributed by atoms with van der Waals surface area (Å²) in [5.74, 6) is -0.702. The van der Waals surface area contributed by atoms with E-state index in [0.717, 1.165) is 6.20 Å². The van der Waals surface area contributed by atoms with E-state index in [9.17, 15) is 12.8 Å². The van der Waals surface area contributed by atoms with Gasteiger partial charge in [-0.1, -0.05) is 12.1 Å². The molecular formula is C9H6Cl2FNO2S. The molecule has 3 nitrogen and oxygen atoms in total. The number of aromatic nitrogens is 1. The van der Waals surface area contributed by atoms with E-state index in [-0.39, 0.29) is 22.7 Å². The van der Waals surface area contributed by atoms with Crippen molar-refractivity contribution in [3.63, 3.8) is 0 Å². The van der Waals surface area contributed by atoms with Gasteiger partial charge in [0.25, 0.3) is 9.05 Å². The van der Waals surface area contributed by atoms with E-state index in [0.29, 0.717) is 5.39 Å². The SMILES string of the molecule is Cl.O=S(=O)(Cl)c1cccc2cncc(F)c12. The Morgan fingerprint density at radius 1 is 1.25 bits per heavy atom. The molecule has 0 atom stereocenters. The van der Waals surface area contributed by atoms with Crippen LogP contribution in [0.5, 0.6) is 0 Å². The van der Waals surface area contributed by atoms with E-state index >= 15 is 0 Å². The Balaban J connectivity index is 0.00000128. The number of pyridine rings is 1. The molecule has 0 spiro atoms. The summed E-state index contributed by atoms with van der Waals surface area (Å²) in [5.41, 5.74) is 0. The number of rotatable bonds is 1. The first kappa shape index (κ1) is 13.2. The van der Waals surface area contributed by atoms with Gasteiger partial charge in [0.2, 0.25) is 0 Å². The van der Waals surface area contributed by atoms with Crippen LogP contribution in [-0.4, -0.2) is 13.4 Å². The first-order valence-corrected chi connectivity index (χ1v) is 6.28. The van der Waals surface area contributed by atoms with Crippen LogP contribution in [0, 0.1) is 5.82 Å². The van der Waals surface area contributed by atoms with Gasteiger partial charge >= 0.3 is 0 Å². The molecule has 0 bridgehead atoms. The minimum Gasteiger partial charge on any atom is -0.261 e. The van der Waals surface area contributed by atoms with Crippen molar-refractivity contribution in [2.24, 2.45) is 0 Å². The van der Waals surface area contributed by atoms with Gasteiger partial charge < -0.3 is 0 Å². The number of halogens is 3. The van der Waals surface area contributed by atoms with Crippen LogP contribution in [0.25, 0.3) is 10.8 Å². The van der Waals surface area contributed by atoms with E-state index < -0.39 is 14.9 Å². The fourth-order valence-electron chi connectivity index (χ4n) is 1.36. The standard InChI is InChI=1S/C9H5ClFNO2S.ClH/c10-15(13,14)8-3-1-2-6-4-12-5-7(11)9(6)8;/h1-5H;1H. The van der Waals surface area contributed by atoms with Crippen LogP contribution in [0.1, 0.15) is 0 Å². The lowest BCUT2D eigenvalue weighted by Crippen LogP contribution is -1.94. The van der Waals surface area contributed by atoms with E-state index in [4.69, 9.17) is 10.7 Å². The lowest BCUT2D eigenvalue weighted by molar-refractivity contribution is 0.607. The quantitative estimate of drug-likeness (QED) is 0.755. The Morgan fingerprint density at radius 2 is 1.94 bits per heavy atom. The number of fused-ring (bicyclic) bond motifs is 1. The smallest absolute Gasteiger partial charge is 0.261 e. The highest BCUT2D eigenvalue weighted by Crippen LogP contribution is 2.26. The van der Waals surface area contributed by atoms with Crippen LogP contribution < -0.4 is 0 Å². The molecule has 0 amide bonds. The minimum absolute atomic E-state index is 0. The summed E-state index contributed by atoms with van der Waals surface area (Å²) < 4.78 is 35.7. The molecule has 0 radical (unpaired) electrons. The lowest BCUT2D eigenvalue weighted by Gasteiger charge is -2.03. The van der Waals surface area contributed by atoms with Crippen LogP contribution >= 0.6 is 23.1 Å². The zero-order chi connectivity index (χ0) is 11.1. The van der Waals surface area contributed by atoms with E-state index in [1.807, 2.05) is 0 Å². The third kappa shape index (κ3) is 2.26. The van der Waals surface area contributed by atoms with Gasteiger partial charge in [-0.05, 0) is 6.07 Å². The van der Waals surface area contributed by atoms with E-state index in [1.165, 1.54) is 18.3 Å². The molecule has 86 valence electrons. The molecule has 1 heterocycles. The van der Waals surface area contributed by atoms with Gasteiger partial charge in [-0.25, -0.2) is 12.8 Å². The number of nitrogens with zero attached hydrogens (tertiary/aromatic N) is 1. The van der Waals surface area contributed by atoms with Crippen molar-refractivity contribution >= 4 is 42.9 Å². The fraction of sp³-hybridized carbons (Fsp3) is 0. The summed E-state index contributed by atoms with van der Waals surface area (Å²) >= 11 is 0. The highest BCUT2D eigenvalue weighted by Gasteiger charge is 2.16. The van der Waals surface area contributed by atoms with Crippen LogP contribution in [0.4, 0.5) is 4.39 Å². The highest BCUT2D eigenvalue weighted by molar-refractivity contribution is 8.14. The molecule has 1 aromatic carbocycles. The predicted molar refractivity (Wildman–Crippen MR) is 62.0 cm³/mol. The zero-order valence-electron chi connectivity index (χ0n) is 7.72. The maximum Gasteiger partial charge on any atom is 0.262 e. The first-order chi connectivity index (χ1) is 7.00. The average Bonchev–Trinajstić information content (AvgIpc) is 2.16. The molecule has 0 aliphatic heterocycles. The minimum atomic E-state index is -3.95. The van der Waals surface area contributed by atoms with Crippen molar-refractivity contribution < 1.29 is 12.8 Å². The normalized spacial score (nSPS) is 11.1. The second-order valence-electron chi connectivity index (χ2n) is 2.91. The summed E-state index contributed by atoms with van der Waals surface area (Å²) in [6, 6.07) is 4.31. The number of benzene rings is 1. The maximum atomic E-state index is 13.4. The van der Waals surface area contributed by atoms with Crippen molar-refractivity contribution in [2.45, 2.75) is 4.90 Å². The van der Waals surface area contributed by atoms with Gasteiger partial charge in [0.05, 0.1) is 11.1 Å². The van der Waals surface area contributed by atoms with Crippen molar-refractivity contribution in [3.8, 4) is 0 Å². The van der Waals surface area contributed by atoms with Crippen LogP contribution in [0.15, 0.2) is 35.5 Å². The Bertz CT molecular complexity index is 625. The molecule has 0 unspecified atom stereocenters. The summed E-state index contributed by atoms with van der Waals surface area (Å²) in [4.78, 5) is 3.39. The molecular weight excluding hydrogens is 276 g/mol. The van der Waals surface area contributed by atoms with Crippen molar-refractivity contribution in [1.29, 1.82) is 0 Å². The Labute approximate surface area is 102 Å². The Morgan fingerprint density at radius 3 is 2.56 bits per heavy atom. The fourth-order valence-corrected chi connectivity index (χ4v) is 2.45. The second kappa shape index (κ2) is 4.53. The van der Waals surface area contributed by atoms with Crippen LogP contribution in [0.2, 0.25) is 0 Å². The molecule has 2 rings (SSSR count). The Hall–Kier alpha value is -0.910. The van der Waals surface area contributed by atoms with Gasteiger partial charge in [-0.15, -0.1) is 12.4 Å². The van der Waals surface area contributed by atoms with Crippen LogP contribution in [0.3, 0.4) is 0 Å². The monoisotopic (exact) mass is 281 g/mol. The molecule has 0 saturated carbocycles. The topological polar surface area (TPSA) is 47.0 Å². The molecule has 0 N–H and O–H groups in total. The van der Waals surface area contributed by atoms with Gasteiger partial charge in [-0.3, -0.25) is 4.98 Å². The number of hydrogen-bond acceptors (Lipinski definition) is 3. The number of hydrogen-bond donors (Lipinski definition) is 0. The Kier molecular flexibility index (Phi) is 3.72. The third-order valence-electron chi connectivity index (χ3n) is 1.96. The van der Waals surface area contributed by atoms with E-state index in [1.54, 1.807) is 6.07 Å². The third-order valence-corrected chi connectivity index (χ3v) is 3.33. The lowest BCUT2D eigenvalue weighted by atomic mass is 10.2. The molecule has 0 aliphatic rings. The van der Waals surface area contributed by atoms with E-state index in [2.05, 4.69) is 4.98 Å². The van der Waals surface area contributed by atoms with Gasteiger partial charge in [-0.2, -0.15) is 0 Å². The average molecular weight is 282 g/mol. The van der Waals surface area contributed by atoms with Crippen molar-refractivity contribution in [3.05, 3.63) is 36.4 Å². The largest absolute Gasteiger partial charge is 0.262 e. The molecule has 0 fully saturated rings. The van der Waals surface area contributed by atoms with Crippen molar-refractivity contribution in [2.75, 3.05) is 0 Å². The predicted octanol–water partition coefficient (Wildman–Crippen LogP) is 2.72. The summed E-state index contributed by atoms with van der Waals surface area (Å²) in [5, 5.41) is 0.374. The maximum absolute atomic E-state index is 13.4. The summed E-state index contributed by atoms with van der Waals surface area (Å²) in [7, 11) is 1.25. The summed E-state index contributed by atoms with van der Waals surface area (Å²) in [6.45, 7) is 0. The molecule has 7 heteroatoms. The molecule has 16 heavy (non-hydrogen) atoms. The zero-order valence-corrected chi connectivity index (χ0v) is 10.1. The molecule has 0 aliphatic carbocycles. The van der Waals surface area contributed by atoms with Gasteiger partial charge in [0.15, 0.2) is 5.82 Å². The highest BCUT2D eigenvalue weighted by atomic mass is 35.7. The molecule has 1 aromatic heterocycles. The summed E-state index contributed by atoms with van der Waals surface area (Å²) in [6.07, 6.45) is 2.33. The first-order valence-electron chi connectivity index (χ1n) is 3.97.